The second-order valence-corrected chi connectivity index (χ2v) is 5.25. The number of halogens is 1. The van der Waals surface area contributed by atoms with E-state index in [1.54, 1.807) is 16.0 Å². The second-order valence-electron chi connectivity index (χ2n) is 4.00. The summed E-state index contributed by atoms with van der Waals surface area (Å²) in [5, 5.41) is 7.61. The zero-order valence-electron chi connectivity index (χ0n) is 8.86. The fraction of sp³-hybridized carbons (Fsp3) is 0.400. The zero-order chi connectivity index (χ0) is 11.1. The first-order valence-corrected chi connectivity index (χ1v) is 5.86. The molecule has 0 spiro atoms. The predicted octanol–water partition coefficient (Wildman–Crippen LogP) is 2.86. The van der Waals surface area contributed by atoms with Crippen LogP contribution in [0.25, 0.3) is 0 Å². The summed E-state index contributed by atoms with van der Waals surface area (Å²) in [7, 11) is 1.91. The maximum absolute atomic E-state index is 5.84. The quantitative estimate of drug-likeness (QED) is 0.810. The van der Waals surface area contributed by atoms with Crippen LogP contribution in [0.5, 0.6) is 0 Å². The lowest BCUT2D eigenvalue weighted by Gasteiger charge is -2.19. The summed E-state index contributed by atoms with van der Waals surface area (Å²) >= 11 is 7.42. The fourth-order valence-electron chi connectivity index (χ4n) is 1.41. The third-order valence-electron chi connectivity index (χ3n) is 2.44. The molecule has 15 heavy (non-hydrogen) atoms. The second kappa shape index (κ2) is 3.61. The van der Waals surface area contributed by atoms with Crippen molar-refractivity contribution < 1.29 is 0 Å². The smallest absolute Gasteiger partial charge is 0.140 e. The third kappa shape index (κ3) is 1.92. The minimum absolute atomic E-state index is 0.133. The molecule has 80 valence electrons. The Morgan fingerprint density at radius 1 is 1.47 bits per heavy atom. The number of aryl methyl sites for hydroxylation is 1. The van der Waals surface area contributed by atoms with E-state index in [1.165, 1.54) is 0 Å². The van der Waals surface area contributed by atoms with Crippen LogP contribution in [0.1, 0.15) is 24.4 Å². The Kier molecular flexibility index (Phi) is 2.56. The number of hydrogen-bond donors (Lipinski definition) is 0. The van der Waals surface area contributed by atoms with Gasteiger partial charge in [-0.15, -0.1) is 11.3 Å². The highest BCUT2D eigenvalue weighted by molar-refractivity contribution is 7.10. The minimum Gasteiger partial charge on any atom is -0.276 e. The maximum atomic E-state index is 5.84. The van der Waals surface area contributed by atoms with Crippen molar-refractivity contribution in [3.63, 3.8) is 0 Å². The molecule has 0 fully saturated rings. The molecule has 0 aliphatic rings. The molecular weight excluding hydrogens is 230 g/mol. The van der Waals surface area contributed by atoms with E-state index in [1.807, 2.05) is 24.8 Å². The van der Waals surface area contributed by atoms with Gasteiger partial charge in [-0.05, 0) is 13.8 Å². The summed E-state index contributed by atoms with van der Waals surface area (Å²) in [6, 6.07) is 0. The van der Waals surface area contributed by atoms with Crippen LogP contribution in [0.4, 0.5) is 0 Å². The van der Waals surface area contributed by atoms with Crippen molar-refractivity contribution in [1.82, 2.24) is 14.8 Å². The third-order valence-corrected chi connectivity index (χ3v) is 3.93. The highest BCUT2D eigenvalue weighted by Gasteiger charge is 2.27. The molecule has 0 amide bonds. The molecule has 2 rings (SSSR count). The van der Waals surface area contributed by atoms with E-state index in [0.717, 1.165) is 10.6 Å². The Hall–Kier alpha value is -0.870. The first-order valence-electron chi connectivity index (χ1n) is 4.61. The molecule has 0 saturated heterocycles. The Labute approximate surface area is 97.7 Å². The number of hydrogen-bond acceptors (Lipinski definition) is 3. The minimum atomic E-state index is -0.133. The van der Waals surface area contributed by atoms with E-state index in [2.05, 4.69) is 23.9 Å². The molecule has 0 aromatic carbocycles. The highest BCUT2D eigenvalue weighted by atomic mass is 35.5. The first kappa shape index (κ1) is 10.6. The van der Waals surface area contributed by atoms with Crippen molar-refractivity contribution in [3.8, 4) is 0 Å². The van der Waals surface area contributed by atoms with Crippen LogP contribution in [-0.2, 0) is 12.5 Å². The topological polar surface area (TPSA) is 30.7 Å². The van der Waals surface area contributed by atoms with Gasteiger partial charge in [-0.25, -0.2) is 4.98 Å². The SMILES string of the molecule is Cn1cc(C(C)(C)c2nc(Cl)cs2)cn1. The van der Waals surface area contributed by atoms with Crippen LogP contribution < -0.4 is 0 Å². The van der Waals surface area contributed by atoms with Crippen molar-refractivity contribution in [2.75, 3.05) is 0 Å². The van der Waals surface area contributed by atoms with Gasteiger partial charge in [-0.2, -0.15) is 5.10 Å². The Morgan fingerprint density at radius 2 is 2.20 bits per heavy atom. The molecule has 0 atom stereocenters. The zero-order valence-corrected chi connectivity index (χ0v) is 10.4. The van der Waals surface area contributed by atoms with Gasteiger partial charge in [0.15, 0.2) is 0 Å². The van der Waals surface area contributed by atoms with Crippen LogP contribution in [-0.4, -0.2) is 14.8 Å². The van der Waals surface area contributed by atoms with Gasteiger partial charge in [0, 0.05) is 29.6 Å². The van der Waals surface area contributed by atoms with Gasteiger partial charge in [0.25, 0.3) is 0 Å². The van der Waals surface area contributed by atoms with Gasteiger partial charge in [0.05, 0.1) is 6.20 Å². The summed E-state index contributed by atoms with van der Waals surface area (Å²) < 4.78 is 1.80. The average molecular weight is 242 g/mol. The molecule has 2 aromatic heterocycles. The van der Waals surface area contributed by atoms with Crippen molar-refractivity contribution in [2.24, 2.45) is 7.05 Å². The van der Waals surface area contributed by atoms with Gasteiger partial charge >= 0.3 is 0 Å². The normalized spacial score (nSPS) is 12.0. The maximum Gasteiger partial charge on any atom is 0.140 e. The van der Waals surface area contributed by atoms with E-state index in [4.69, 9.17) is 11.6 Å². The number of rotatable bonds is 2. The predicted molar refractivity (Wildman–Crippen MR) is 62.5 cm³/mol. The van der Waals surface area contributed by atoms with Crippen molar-refractivity contribution >= 4 is 22.9 Å². The molecule has 0 radical (unpaired) electrons. The van der Waals surface area contributed by atoms with E-state index < -0.39 is 0 Å². The average Bonchev–Trinajstić information content (AvgIpc) is 2.74. The van der Waals surface area contributed by atoms with Gasteiger partial charge in [-0.1, -0.05) is 11.6 Å². The molecule has 3 nitrogen and oxygen atoms in total. The van der Waals surface area contributed by atoms with E-state index in [0.29, 0.717) is 5.15 Å². The lowest BCUT2D eigenvalue weighted by atomic mass is 9.88. The highest BCUT2D eigenvalue weighted by Crippen LogP contribution is 2.33. The Balaban J connectivity index is 2.42. The molecular formula is C10H12ClN3S. The standard InChI is InChI=1S/C10H12ClN3S/c1-10(2,7-4-12-14(3)5-7)9-13-8(11)6-15-9/h4-6H,1-3H3. The molecule has 0 saturated carbocycles. The Bertz CT molecular complexity index is 430. The summed E-state index contributed by atoms with van der Waals surface area (Å²) in [5.74, 6) is 0. The number of aromatic nitrogens is 3. The monoisotopic (exact) mass is 241 g/mol. The molecule has 2 heterocycles. The van der Waals surface area contributed by atoms with Crippen LogP contribution >= 0.6 is 22.9 Å². The van der Waals surface area contributed by atoms with Crippen molar-refractivity contribution in [3.05, 3.63) is 33.5 Å². The fourth-order valence-corrected chi connectivity index (χ4v) is 2.50. The summed E-state index contributed by atoms with van der Waals surface area (Å²) in [5.41, 5.74) is 1.02. The lowest BCUT2D eigenvalue weighted by Crippen LogP contribution is -2.17. The molecule has 0 bridgehead atoms. The largest absolute Gasteiger partial charge is 0.276 e. The molecule has 0 unspecified atom stereocenters. The van der Waals surface area contributed by atoms with Crippen molar-refractivity contribution in [1.29, 1.82) is 0 Å². The molecule has 0 N–H and O–H groups in total. The van der Waals surface area contributed by atoms with Gasteiger partial charge in [0.2, 0.25) is 0 Å². The van der Waals surface area contributed by atoms with E-state index in [-0.39, 0.29) is 5.41 Å². The summed E-state index contributed by atoms with van der Waals surface area (Å²) in [4.78, 5) is 4.31. The lowest BCUT2D eigenvalue weighted by molar-refractivity contribution is 0.633. The van der Waals surface area contributed by atoms with Crippen molar-refractivity contribution in [2.45, 2.75) is 19.3 Å². The summed E-state index contributed by atoms with van der Waals surface area (Å²) in [6.07, 6.45) is 3.88. The molecule has 0 aliphatic carbocycles. The van der Waals surface area contributed by atoms with Crippen LogP contribution in [0.2, 0.25) is 5.15 Å². The van der Waals surface area contributed by atoms with E-state index >= 15 is 0 Å². The van der Waals surface area contributed by atoms with Gasteiger partial charge in [0.1, 0.15) is 10.2 Å². The van der Waals surface area contributed by atoms with Crippen LogP contribution in [0.15, 0.2) is 17.8 Å². The summed E-state index contributed by atoms with van der Waals surface area (Å²) in [6.45, 7) is 4.25. The molecule has 2 aromatic rings. The first-order chi connectivity index (χ1) is 7.00. The number of nitrogens with zero attached hydrogens (tertiary/aromatic N) is 3. The number of thiazole rings is 1. The van der Waals surface area contributed by atoms with E-state index in [9.17, 15) is 0 Å². The van der Waals surface area contributed by atoms with Gasteiger partial charge < -0.3 is 0 Å². The molecule has 0 aliphatic heterocycles. The van der Waals surface area contributed by atoms with Gasteiger partial charge in [-0.3, -0.25) is 4.68 Å². The molecule has 5 heteroatoms. The Morgan fingerprint density at radius 3 is 2.67 bits per heavy atom. The van der Waals surface area contributed by atoms with Crippen LogP contribution in [0.3, 0.4) is 0 Å². The van der Waals surface area contributed by atoms with Crippen LogP contribution in [0, 0.1) is 0 Å².